The Morgan fingerprint density at radius 3 is 2.00 bits per heavy atom. The van der Waals surface area contributed by atoms with Crippen LogP contribution in [0.15, 0.2) is 35.8 Å². The van der Waals surface area contributed by atoms with Gasteiger partial charge in [-0.2, -0.15) is 0 Å². The van der Waals surface area contributed by atoms with Gasteiger partial charge in [-0.1, -0.05) is 12.2 Å². The Morgan fingerprint density at radius 2 is 1.60 bits per heavy atom. The fourth-order valence-corrected chi connectivity index (χ4v) is 0.740. The summed E-state index contributed by atoms with van der Waals surface area (Å²) in [5.74, 6) is -0.671. The van der Waals surface area contributed by atoms with Crippen LogP contribution in [0.5, 0.6) is 0 Å². The molecule has 0 unspecified atom stereocenters. The summed E-state index contributed by atoms with van der Waals surface area (Å²) in [6, 6.07) is 0. The maximum Gasteiger partial charge on any atom is 0.281 e. The fourth-order valence-electron chi connectivity index (χ4n) is 0.604. The van der Waals surface area contributed by atoms with Crippen LogP contribution in [0.25, 0.3) is 0 Å². The molecule has 1 aliphatic rings. The summed E-state index contributed by atoms with van der Waals surface area (Å²) in [4.78, 5) is 0.685. The lowest BCUT2D eigenvalue weighted by atomic mass is 10.1. The summed E-state index contributed by atoms with van der Waals surface area (Å²) in [6.45, 7) is 0. The second-order valence-corrected chi connectivity index (χ2v) is 2.32. The highest BCUT2D eigenvalue weighted by Crippen LogP contribution is 2.08. The van der Waals surface area contributed by atoms with Crippen LogP contribution < -0.4 is 0 Å². The van der Waals surface area contributed by atoms with Crippen molar-refractivity contribution in [2.24, 2.45) is 0 Å². The van der Waals surface area contributed by atoms with Gasteiger partial charge in [0.15, 0.2) is 0 Å². The van der Waals surface area contributed by atoms with Crippen molar-refractivity contribution in [2.75, 3.05) is 0 Å². The Morgan fingerprint density at radius 1 is 1.10 bits per heavy atom. The average molecular weight is 154 g/mol. The summed E-state index contributed by atoms with van der Waals surface area (Å²) in [5.41, 5.74) is 0.383. The minimum absolute atomic E-state index is 0.383. The van der Waals surface area contributed by atoms with Crippen LogP contribution in [0, 0.1) is 0 Å². The molecule has 0 aromatic rings. The van der Waals surface area contributed by atoms with Crippen LogP contribution in [0.1, 0.15) is 0 Å². The summed E-state index contributed by atoms with van der Waals surface area (Å²) in [5, 5.41) is 17.1. The number of rotatable bonds is 0. The molecule has 0 aromatic carbocycles. The molecule has 3 heteroatoms. The van der Waals surface area contributed by atoms with Gasteiger partial charge < -0.3 is 10.2 Å². The van der Waals surface area contributed by atoms with E-state index < -0.39 is 5.95 Å². The second-order valence-electron chi connectivity index (χ2n) is 1.85. The molecular formula is C7H6O2S. The highest BCUT2D eigenvalue weighted by Gasteiger charge is 1.99. The van der Waals surface area contributed by atoms with Crippen LogP contribution in [-0.2, 0) is 0 Å². The van der Waals surface area contributed by atoms with Gasteiger partial charge >= 0.3 is 0 Å². The third-order valence-electron chi connectivity index (χ3n) is 1.11. The van der Waals surface area contributed by atoms with Gasteiger partial charge in [0.2, 0.25) is 0 Å². The van der Waals surface area contributed by atoms with Gasteiger partial charge in [-0.25, -0.2) is 0 Å². The van der Waals surface area contributed by atoms with E-state index in [2.05, 4.69) is 0 Å². The van der Waals surface area contributed by atoms with Crippen molar-refractivity contribution in [1.82, 2.24) is 0 Å². The third-order valence-corrected chi connectivity index (χ3v) is 1.38. The van der Waals surface area contributed by atoms with E-state index in [-0.39, 0.29) is 0 Å². The van der Waals surface area contributed by atoms with Crippen molar-refractivity contribution in [3.8, 4) is 0 Å². The summed E-state index contributed by atoms with van der Waals surface area (Å²) in [6.07, 6.45) is 6.38. The van der Waals surface area contributed by atoms with Gasteiger partial charge in [0.1, 0.15) is 0 Å². The van der Waals surface area contributed by atoms with Gasteiger partial charge in [-0.3, -0.25) is 0 Å². The van der Waals surface area contributed by atoms with E-state index in [0.717, 1.165) is 0 Å². The van der Waals surface area contributed by atoms with Crippen LogP contribution in [-0.4, -0.2) is 15.1 Å². The Balaban J connectivity index is 2.91. The second kappa shape index (κ2) is 2.66. The summed E-state index contributed by atoms with van der Waals surface area (Å²) in [7, 11) is 0. The van der Waals surface area contributed by atoms with E-state index in [1.807, 2.05) is 0 Å². The quantitative estimate of drug-likeness (QED) is 0.413. The zero-order chi connectivity index (χ0) is 7.56. The van der Waals surface area contributed by atoms with Crippen molar-refractivity contribution >= 4 is 17.1 Å². The molecule has 1 rings (SSSR count). The highest BCUT2D eigenvalue weighted by atomic mass is 32.1. The molecule has 1 aliphatic carbocycles. The van der Waals surface area contributed by atoms with Gasteiger partial charge in [-0.05, 0) is 24.3 Å². The zero-order valence-corrected chi connectivity index (χ0v) is 5.93. The molecule has 0 amide bonds. The van der Waals surface area contributed by atoms with Gasteiger partial charge in [0.05, 0.1) is 5.57 Å². The molecule has 52 valence electrons. The van der Waals surface area contributed by atoms with Crippen LogP contribution in [0.4, 0.5) is 0 Å². The SMILES string of the molecule is OC(O)=C1C=CC(=S)C=C1. The largest absolute Gasteiger partial charge is 0.481 e. The lowest BCUT2D eigenvalue weighted by Crippen LogP contribution is -1.92. The van der Waals surface area contributed by atoms with Gasteiger partial charge in [-0.15, -0.1) is 0 Å². The number of aliphatic hydroxyl groups excluding tert-OH is 1. The Kier molecular flexibility index (Phi) is 1.87. The molecule has 0 radical (unpaired) electrons. The first-order chi connectivity index (χ1) is 4.70. The minimum atomic E-state index is -0.671. The number of allylic oxidation sites excluding steroid dienone is 5. The zero-order valence-electron chi connectivity index (χ0n) is 5.11. The van der Waals surface area contributed by atoms with E-state index in [0.29, 0.717) is 10.4 Å². The van der Waals surface area contributed by atoms with E-state index in [1.54, 1.807) is 24.3 Å². The van der Waals surface area contributed by atoms with Crippen LogP contribution >= 0.6 is 12.2 Å². The number of hydrogen-bond donors (Lipinski definition) is 2. The molecule has 0 spiro atoms. The van der Waals surface area contributed by atoms with Gasteiger partial charge in [0.25, 0.3) is 5.95 Å². The smallest absolute Gasteiger partial charge is 0.281 e. The maximum atomic E-state index is 8.55. The number of aliphatic hydroxyl groups is 2. The normalized spacial score (nSPS) is 16.0. The molecule has 0 aliphatic heterocycles. The van der Waals surface area contributed by atoms with Crippen molar-refractivity contribution in [3.05, 3.63) is 35.8 Å². The standard InChI is InChI=1S/C7H6O2S/c8-7(9)5-1-3-6(10)4-2-5/h1-4,8-9H. The summed E-state index contributed by atoms with van der Waals surface area (Å²) >= 11 is 4.79. The molecule has 2 N–H and O–H groups in total. The molecule has 0 bridgehead atoms. The van der Waals surface area contributed by atoms with Crippen LogP contribution in [0.3, 0.4) is 0 Å². The molecule has 0 fully saturated rings. The molecular weight excluding hydrogens is 148 g/mol. The predicted octanol–water partition coefficient (Wildman–Crippen LogP) is 1.81. The average Bonchev–Trinajstić information content (AvgIpc) is 1.88. The van der Waals surface area contributed by atoms with E-state index >= 15 is 0 Å². The molecule has 10 heavy (non-hydrogen) atoms. The molecule has 0 atom stereocenters. The predicted molar refractivity (Wildman–Crippen MR) is 43.2 cm³/mol. The monoisotopic (exact) mass is 154 g/mol. The minimum Gasteiger partial charge on any atom is -0.481 e. The number of thiocarbonyl (C=S) groups is 1. The number of hydrogen-bond acceptors (Lipinski definition) is 3. The molecule has 0 aromatic heterocycles. The Bertz CT molecular complexity index is 226. The van der Waals surface area contributed by atoms with Crippen molar-refractivity contribution in [2.45, 2.75) is 0 Å². The molecule has 0 heterocycles. The Hall–Kier alpha value is -1.09. The lowest BCUT2D eigenvalue weighted by molar-refractivity contribution is 0.188. The topological polar surface area (TPSA) is 40.5 Å². The third kappa shape index (κ3) is 1.45. The lowest BCUT2D eigenvalue weighted by Gasteiger charge is -1.99. The fraction of sp³-hybridized carbons (Fsp3) is 0. The molecule has 0 saturated heterocycles. The Labute approximate surface area is 63.8 Å². The summed E-state index contributed by atoms with van der Waals surface area (Å²) < 4.78 is 0. The van der Waals surface area contributed by atoms with E-state index in [1.165, 1.54) is 0 Å². The van der Waals surface area contributed by atoms with E-state index in [9.17, 15) is 0 Å². The first-order valence-electron chi connectivity index (χ1n) is 2.72. The molecule has 0 saturated carbocycles. The van der Waals surface area contributed by atoms with Crippen molar-refractivity contribution in [1.29, 1.82) is 0 Å². The molecule has 2 nitrogen and oxygen atoms in total. The van der Waals surface area contributed by atoms with Crippen molar-refractivity contribution < 1.29 is 10.2 Å². The highest BCUT2D eigenvalue weighted by molar-refractivity contribution is 7.81. The first kappa shape index (κ1) is 7.02. The van der Waals surface area contributed by atoms with E-state index in [4.69, 9.17) is 22.4 Å². The van der Waals surface area contributed by atoms with Crippen LogP contribution in [0.2, 0.25) is 0 Å². The first-order valence-corrected chi connectivity index (χ1v) is 3.13. The maximum absolute atomic E-state index is 8.55. The van der Waals surface area contributed by atoms with Crippen molar-refractivity contribution in [3.63, 3.8) is 0 Å². The van der Waals surface area contributed by atoms with Gasteiger partial charge in [0, 0.05) is 4.86 Å².